The molecule has 2 rings (SSSR count). The topological polar surface area (TPSA) is 26.0 Å². The van der Waals surface area contributed by atoms with Crippen LogP contribution >= 0.6 is 11.3 Å². The molecule has 1 aromatic carbocycles. The van der Waals surface area contributed by atoms with Crippen molar-refractivity contribution < 1.29 is 8.78 Å². The molecule has 1 nitrogen and oxygen atoms in total. The van der Waals surface area contributed by atoms with E-state index in [2.05, 4.69) is 0 Å². The molecule has 0 radical (unpaired) electrons. The second-order valence-corrected chi connectivity index (χ2v) is 5.06. The summed E-state index contributed by atoms with van der Waals surface area (Å²) in [5.41, 5.74) is 6.56. The molecule has 1 atom stereocenters. The molecule has 0 aliphatic heterocycles. The van der Waals surface area contributed by atoms with Crippen molar-refractivity contribution >= 4 is 11.3 Å². The van der Waals surface area contributed by atoms with Gasteiger partial charge < -0.3 is 5.73 Å². The third-order valence-electron chi connectivity index (χ3n) is 2.46. The Bertz CT molecular complexity index is 462. The van der Waals surface area contributed by atoms with Gasteiger partial charge >= 0.3 is 0 Å². The molecule has 1 unspecified atom stereocenters. The highest BCUT2D eigenvalue weighted by Gasteiger charge is 2.08. The van der Waals surface area contributed by atoms with Gasteiger partial charge in [0.15, 0.2) is 0 Å². The molecule has 0 amide bonds. The summed E-state index contributed by atoms with van der Waals surface area (Å²) in [5, 5.41) is 1.99. The van der Waals surface area contributed by atoms with Crippen molar-refractivity contribution in [2.75, 3.05) is 0 Å². The summed E-state index contributed by atoms with van der Waals surface area (Å²) in [4.78, 5) is 1.19. The van der Waals surface area contributed by atoms with E-state index < -0.39 is 11.6 Å². The lowest BCUT2D eigenvalue weighted by Gasteiger charge is -2.10. The van der Waals surface area contributed by atoms with E-state index in [1.165, 1.54) is 17.0 Å². The lowest BCUT2D eigenvalue weighted by molar-refractivity contribution is 0.575. The van der Waals surface area contributed by atoms with Gasteiger partial charge in [0.2, 0.25) is 0 Å². The molecular formula is C13H13F2NS. The lowest BCUT2D eigenvalue weighted by Crippen LogP contribution is -2.25. The molecule has 0 spiro atoms. The Morgan fingerprint density at radius 1 is 1.12 bits per heavy atom. The summed E-state index contributed by atoms with van der Waals surface area (Å²) < 4.78 is 26.0. The van der Waals surface area contributed by atoms with Crippen molar-refractivity contribution in [1.29, 1.82) is 0 Å². The average molecular weight is 253 g/mol. The summed E-state index contributed by atoms with van der Waals surface area (Å²) >= 11 is 1.64. The van der Waals surface area contributed by atoms with E-state index in [-0.39, 0.29) is 6.04 Å². The standard InChI is InChI=1S/C13H13F2NS/c14-10-4-9(5-11(15)7-10)6-12(16)8-13-2-1-3-17-13/h1-5,7,12H,6,8,16H2. The quantitative estimate of drug-likeness (QED) is 0.890. The fourth-order valence-corrected chi connectivity index (χ4v) is 2.59. The minimum atomic E-state index is -0.552. The van der Waals surface area contributed by atoms with Crippen molar-refractivity contribution in [2.24, 2.45) is 5.73 Å². The fourth-order valence-electron chi connectivity index (χ4n) is 1.79. The number of thiophene rings is 1. The number of rotatable bonds is 4. The molecular weight excluding hydrogens is 240 g/mol. The van der Waals surface area contributed by atoms with Gasteiger partial charge in [-0.1, -0.05) is 6.07 Å². The SMILES string of the molecule is NC(Cc1cc(F)cc(F)c1)Cc1cccs1. The Kier molecular flexibility index (Phi) is 3.86. The Hall–Kier alpha value is -1.26. The Morgan fingerprint density at radius 2 is 1.82 bits per heavy atom. The molecule has 4 heteroatoms. The van der Waals surface area contributed by atoms with Gasteiger partial charge in [-0.25, -0.2) is 8.78 Å². The van der Waals surface area contributed by atoms with E-state index in [0.717, 1.165) is 12.5 Å². The maximum absolute atomic E-state index is 13.0. The van der Waals surface area contributed by atoms with Gasteiger partial charge in [0.05, 0.1) is 0 Å². The van der Waals surface area contributed by atoms with Gasteiger partial charge in [0, 0.05) is 17.0 Å². The predicted molar refractivity (Wildman–Crippen MR) is 66.1 cm³/mol. The molecule has 90 valence electrons. The Labute approximate surface area is 103 Å². The van der Waals surface area contributed by atoms with E-state index in [0.29, 0.717) is 12.0 Å². The maximum Gasteiger partial charge on any atom is 0.126 e. The average Bonchev–Trinajstić information content (AvgIpc) is 2.67. The Balaban J connectivity index is 2.00. The summed E-state index contributed by atoms with van der Waals surface area (Å²) in [6, 6.07) is 7.39. The number of benzene rings is 1. The minimum Gasteiger partial charge on any atom is -0.327 e. The predicted octanol–water partition coefficient (Wildman–Crippen LogP) is 3.14. The number of hydrogen-bond donors (Lipinski definition) is 1. The van der Waals surface area contributed by atoms with Crippen LogP contribution in [0.4, 0.5) is 8.78 Å². The Morgan fingerprint density at radius 3 is 2.41 bits per heavy atom. The summed E-state index contributed by atoms with van der Waals surface area (Å²) in [6.07, 6.45) is 1.21. The summed E-state index contributed by atoms with van der Waals surface area (Å²) in [5.74, 6) is -1.10. The molecule has 0 aliphatic rings. The molecule has 0 bridgehead atoms. The third-order valence-corrected chi connectivity index (χ3v) is 3.36. The second-order valence-electron chi connectivity index (χ2n) is 4.03. The van der Waals surface area contributed by atoms with Crippen LogP contribution in [0.2, 0.25) is 0 Å². The molecule has 1 aromatic heterocycles. The van der Waals surface area contributed by atoms with Crippen molar-refractivity contribution in [3.8, 4) is 0 Å². The van der Waals surface area contributed by atoms with Crippen LogP contribution in [-0.2, 0) is 12.8 Å². The van der Waals surface area contributed by atoms with Crippen molar-refractivity contribution in [2.45, 2.75) is 18.9 Å². The van der Waals surface area contributed by atoms with Gasteiger partial charge in [-0.3, -0.25) is 0 Å². The zero-order valence-electron chi connectivity index (χ0n) is 9.20. The van der Waals surface area contributed by atoms with Crippen LogP contribution in [0.5, 0.6) is 0 Å². The lowest BCUT2D eigenvalue weighted by atomic mass is 10.0. The van der Waals surface area contributed by atoms with Crippen molar-refractivity contribution in [3.63, 3.8) is 0 Å². The van der Waals surface area contributed by atoms with E-state index in [9.17, 15) is 8.78 Å². The van der Waals surface area contributed by atoms with E-state index in [1.54, 1.807) is 11.3 Å². The first-order valence-electron chi connectivity index (χ1n) is 5.36. The summed E-state index contributed by atoms with van der Waals surface area (Å²) in [6.45, 7) is 0. The highest BCUT2D eigenvalue weighted by atomic mass is 32.1. The normalized spacial score (nSPS) is 12.6. The van der Waals surface area contributed by atoms with Crippen molar-refractivity contribution in [1.82, 2.24) is 0 Å². The van der Waals surface area contributed by atoms with Crippen LogP contribution in [0, 0.1) is 11.6 Å². The molecule has 0 saturated heterocycles. The molecule has 0 saturated carbocycles. The summed E-state index contributed by atoms with van der Waals surface area (Å²) in [7, 11) is 0. The van der Waals surface area contributed by atoms with E-state index >= 15 is 0 Å². The second kappa shape index (κ2) is 5.38. The van der Waals surface area contributed by atoms with Crippen LogP contribution in [0.25, 0.3) is 0 Å². The first-order valence-corrected chi connectivity index (χ1v) is 6.24. The van der Waals surface area contributed by atoms with Crippen LogP contribution in [0.3, 0.4) is 0 Å². The number of nitrogens with two attached hydrogens (primary N) is 1. The van der Waals surface area contributed by atoms with Gasteiger partial charge in [0.25, 0.3) is 0 Å². The highest BCUT2D eigenvalue weighted by molar-refractivity contribution is 7.09. The molecule has 2 aromatic rings. The molecule has 1 heterocycles. The van der Waals surface area contributed by atoms with Crippen LogP contribution in [0.15, 0.2) is 35.7 Å². The first-order chi connectivity index (χ1) is 8.13. The largest absolute Gasteiger partial charge is 0.327 e. The number of hydrogen-bond acceptors (Lipinski definition) is 2. The van der Waals surface area contributed by atoms with Gasteiger partial charge in [-0.15, -0.1) is 11.3 Å². The smallest absolute Gasteiger partial charge is 0.126 e. The molecule has 0 aliphatic carbocycles. The monoisotopic (exact) mass is 253 g/mol. The van der Waals surface area contributed by atoms with Crippen LogP contribution < -0.4 is 5.73 Å². The first kappa shape index (κ1) is 12.2. The molecule has 2 N–H and O–H groups in total. The molecule has 0 fully saturated rings. The third kappa shape index (κ3) is 3.61. The van der Waals surface area contributed by atoms with E-state index in [1.807, 2.05) is 17.5 Å². The highest BCUT2D eigenvalue weighted by Crippen LogP contribution is 2.14. The van der Waals surface area contributed by atoms with Crippen LogP contribution in [0.1, 0.15) is 10.4 Å². The minimum absolute atomic E-state index is 0.116. The molecule has 17 heavy (non-hydrogen) atoms. The number of halogens is 2. The van der Waals surface area contributed by atoms with Gasteiger partial charge in [-0.2, -0.15) is 0 Å². The van der Waals surface area contributed by atoms with Crippen molar-refractivity contribution in [3.05, 3.63) is 57.8 Å². The van der Waals surface area contributed by atoms with Gasteiger partial charge in [-0.05, 0) is 42.0 Å². The zero-order valence-corrected chi connectivity index (χ0v) is 10.0. The zero-order chi connectivity index (χ0) is 12.3. The maximum atomic E-state index is 13.0. The fraction of sp³-hybridized carbons (Fsp3) is 0.231. The van der Waals surface area contributed by atoms with E-state index in [4.69, 9.17) is 5.73 Å². The van der Waals surface area contributed by atoms with Crippen LogP contribution in [-0.4, -0.2) is 6.04 Å². The van der Waals surface area contributed by atoms with Gasteiger partial charge in [0.1, 0.15) is 11.6 Å².